The summed E-state index contributed by atoms with van der Waals surface area (Å²) in [5, 5.41) is 15.0. The Balaban J connectivity index is 1.26. The molecule has 250 valence electrons. The van der Waals surface area contributed by atoms with Crippen molar-refractivity contribution in [2.45, 2.75) is 44.2 Å². The summed E-state index contributed by atoms with van der Waals surface area (Å²) in [4.78, 5) is 41.5. The van der Waals surface area contributed by atoms with Crippen LogP contribution in [0.2, 0.25) is 5.02 Å². The SMILES string of the molecule is COc1cc(CC(=O)N2C[C@@H](Oc3ccc(F)cc3F)CC2CN2CCC(CC(=O)O)CC2)ccc1NC(=O)Nc1ccccc1Cl. The fourth-order valence-corrected chi connectivity index (χ4v) is 6.35. The van der Waals surface area contributed by atoms with Gasteiger partial charge in [0.05, 0.1) is 36.5 Å². The monoisotopic (exact) mass is 670 g/mol. The molecule has 13 heteroatoms. The molecule has 3 N–H and O–H groups in total. The summed E-state index contributed by atoms with van der Waals surface area (Å²) in [5.74, 6) is -2.08. The van der Waals surface area contributed by atoms with Crippen LogP contribution in [0.15, 0.2) is 60.7 Å². The normalized spacial score (nSPS) is 18.5. The van der Waals surface area contributed by atoms with Crippen molar-refractivity contribution < 1.29 is 37.7 Å². The van der Waals surface area contributed by atoms with E-state index in [1.54, 1.807) is 47.4 Å². The third-order valence-corrected chi connectivity index (χ3v) is 8.84. The van der Waals surface area contributed by atoms with Crippen LogP contribution in [0, 0.1) is 17.6 Å². The van der Waals surface area contributed by atoms with Gasteiger partial charge in [0.1, 0.15) is 17.7 Å². The lowest BCUT2D eigenvalue weighted by molar-refractivity contribution is -0.138. The zero-order valence-electron chi connectivity index (χ0n) is 25.9. The van der Waals surface area contributed by atoms with Crippen molar-refractivity contribution in [1.82, 2.24) is 9.80 Å². The van der Waals surface area contributed by atoms with Gasteiger partial charge in [0.2, 0.25) is 5.91 Å². The van der Waals surface area contributed by atoms with Crippen LogP contribution in [0.4, 0.5) is 25.0 Å². The fraction of sp³-hybridized carbons (Fsp3) is 0.382. The number of halogens is 3. The minimum absolute atomic E-state index is 0.0390. The van der Waals surface area contributed by atoms with Crippen molar-refractivity contribution in [3.05, 3.63) is 82.9 Å². The van der Waals surface area contributed by atoms with Gasteiger partial charge in [-0.1, -0.05) is 29.8 Å². The van der Waals surface area contributed by atoms with Gasteiger partial charge in [-0.2, -0.15) is 0 Å². The first kappa shape index (κ1) is 33.9. The summed E-state index contributed by atoms with van der Waals surface area (Å²) in [5.41, 5.74) is 1.50. The maximum absolute atomic E-state index is 14.4. The zero-order valence-corrected chi connectivity index (χ0v) is 26.6. The van der Waals surface area contributed by atoms with Crippen molar-refractivity contribution in [1.29, 1.82) is 0 Å². The van der Waals surface area contributed by atoms with Gasteiger partial charge in [-0.05, 0) is 73.8 Å². The second-order valence-electron chi connectivity index (χ2n) is 11.9. The molecule has 1 unspecified atom stereocenters. The van der Waals surface area contributed by atoms with Crippen LogP contribution in [0.5, 0.6) is 11.5 Å². The Hall–Kier alpha value is -4.42. The number of methoxy groups -OCH3 is 1. The van der Waals surface area contributed by atoms with Crippen LogP contribution >= 0.6 is 11.6 Å². The largest absolute Gasteiger partial charge is 0.495 e. The molecule has 3 amide bonds. The molecule has 0 radical (unpaired) electrons. The first-order valence-electron chi connectivity index (χ1n) is 15.4. The standard InChI is InChI=1S/C34H37ClF2N4O6/c1-46-31-14-22(6-8-29(31)39-34(45)38-28-5-3-2-4-26(28)35)15-32(42)41-20-25(47-30-9-7-23(36)17-27(30)37)18-24(41)19-40-12-10-21(11-13-40)16-33(43)44/h2-9,14,17,21,24-25H,10-13,15-16,18-20H2,1H3,(H,43,44)(H2,38,39,45)/t24?,25-/m0/s1. The van der Waals surface area contributed by atoms with Crippen LogP contribution < -0.4 is 20.1 Å². The maximum Gasteiger partial charge on any atom is 0.323 e. The van der Waals surface area contributed by atoms with E-state index < -0.39 is 29.7 Å². The van der Waals surface area contributed by atoms with E-state index in [2.05, 4.69) is 15.5 Å². The Morgan fingerprint density at radius 2 is 1.72 bits per heavy atom. The number of urea groups is 1. The molecule has 3 aromatic carbocycles. The number of hydrogen-bond acceptors (Lipinski definition) is 6. The van der Waals surface area contributed by atoms with Crippen molar-refractivity contribution in [3.8, 4) is 11.5 Å². The van der Waals surface area contributed by atoms with Gasteiger partial charge in [0, 0.05) is 31.5 Å². The van der Waals surface area contributed by atoms with Gasteiger partial charge >= 0.3 is 12.0 Å². The lowest BCUT2D eigenvalue weighted by Gasteiger charge is -2.35. The molecule has 2 aliphatic heterocycles. The summed E-state index contributed by atoms with van der Waals surface area (Å²) in [6.07, 6.45) is 1.63. The number of nitrogens with one attached hydrogen (secondary N) is 2. The van der Waals surface area contributed by atoms with Crippen molar-refractivity contribution in [3.63, 3.8) is 0 Å². The van der Waals surface area contributed by atoms with Crippen LogP contribution in [0.3, 0.4) is 0 Å². The number of carboxylic acid groups (broad SMARTS) is 1. The summed E-state index contributed by atoms with van der Waals surface area (Å²) in [6.45, 7) is 2.20. The highest BCUT2D eigenvalue weighted by molar-refractivity contribution is 6.33. The van der Waals surface area contributed by atoms with Crippen molar-refractivity contribution >= 4 is 40.9 Å². The zero-order chi connectivity index (χ0) is 33.5. The van der Waals surface area contributed by atoms with Crippen LogP contribution in [0.1, 0.15) is 31.2 Å². The van der Waals surface area contributed by atoms with Crippen molar-refractivity contribution in [2.75, 3.05) is 43.9 Å². The Kier molecular flexibility index (Phi) is 11.2. The molecule has 0 aromatic heterocycles. The van der Waals surface area contributed by atoms with E-state index in [1.807, 2.05) is 0 Å². The summed E-state index contributed by atoms with van der Waals surface area (Å²) in [7, 11) is 1.46. The first-order chi connectivity index (χ1) is 22.6. The number of amides is 3. The van der Waals surface area contributed by atoms with E-state index in [4.69, 9.17) is 26.2 Å². The number of piperidine rings is 1. The quantitative estimate of drug-likeness (QED) is 0.227. The molecule has 10 nitrogen and oxygen atoms in total. The summed E-state index contributed by atoms with van der Waals surface area (Å²) in [6, 6.07) is 14.3. The fourth-order valence-electron chi connectivity index (χ4n) is 6.17. The molecule has 0 spiro atoms. The molecule has 0 aliphatic carbocycles. The Morgan fingerprint density at radius 3 is 2.43 bits per heavy atom. The minimum atomic E-state index is -0.812. The third kappa shape index (κ3) is 9.11. The lowest BCUT2D eigenvalue weighted by atomic mass is 9.93. The van der Waals surface area contributed by atoms with Gasteiger partial charge in [-0.3, -0.25) is 9.59 Å². The van der Waals surface area contributed by atoms with Gasteiger partial charge in [0.15, 0.2) is 11.6 Å². The number of anilines is 2. The molecular formula is C34H37ClF2N4O6. The van der Waals surface area contributed by atoms with Gasteiger partial charge in [-0.25, -0.2) is 13.6 Å². The molecule has 47 heavy (non-hydrogen) atoms. The molecule has 2 aliphatic rings. The smallest absolute Gasteiger partial charge is 0.323 e. The molecule has 2 fully saturated rings. The molecule has 0 bridgehead atoms. The number of rotatable bonds is 11. The predicted molar refractivity (Wildman–Crippen MR) is 173 cm³/mol. The van der Waals surface area contributed by atoms with E-state index >= 15 is 0 Å². The Bertz CT molecular complexity index is 1600. The molecule has 0 saturated carbocycles. The number of aliphatic carboxylic acids is 1. The predicted octanol–water partition coefficient (Wildman–Crippen LogP) is 6.05. The number of benzene rings is 3. The summed E-state index contributed by atoms with van der Waals surface area (Å²) < 4.78 is 39.3. The Morgan fingerprint density at radius 1 is 0.979 bits per heavy atom. The number of para-hydroxylation sites is 1. The average Bonchev–Trinajstić information content (AvgIpc) is 3.43. The number of nitrogens with zero attached hydrogens (tertiary/aromatic N) is 2. The molecule has 2 saturated heterocycles. The second-order valence-corrected chi connectivity index (χ2v) is 12.3. The first-order valence-corrected chi connectivity index (χ1v) is 15.8. The number of carboxylic acids is 1. The highest BCUT2D eigenvalue weighted by Gasteiger charge is 2.38. The van der Waals surface area contributed by atoms with E-state index in [1.165, 1.54) is 13.2 Å². The van der Waals surface area contributed by atoms with E-state index in [-0.39, 0.29) is 43.0 Å². The van der Waals surface area contributed by atoms with Crippen molar-refractivity contribution in [2.24, 2.45) is 5.92 Å². The summed E-state index contributed by atoms with van der Waals surface area (Å²) >= 11 is 6.14. The topological polar surface area (TPSA) is 120 Å². The molecule has 2 heterocycles. The maximum atomic E-state index is 14.4. The number of hydrogen-bond donors (Lipinski definition) is 3. The molecule has 5 rings (SSSR count). The second kappa shape index (κ2) is 15.4. The van der Waals surface area contributed by atoms with Gasteiger partial charge in [0.25, 0.3) is 0 Å². The van der Waals surface area contributed by atoms with Crippen LogP contribution in [-0.2, 0) is 16.0 Å². The average molecular weight is 671 g/mol. The Labute approximate surface area is 276 Å². The van der Waals surface area contributed by atoms with E-state index in [0.29, 0.717) is 53.8 Å². The number of carbonyl (C=O) groups is 3. The van der Waals surface area contributed by atoms with Crippen LogP contribution in [-0.4, -0.2) is 78.2 Å². The van der Waals surface area contributed by atoms with E-state index in [9.17, 15) is 23.2 Å². The van der Waals surface area contributed by atoms with Gasteiger partial charge < -0.3 is 35.0 Å². The molecular weight excluding hydrogens is 634 g/mol. The number of carbonyl (C=O) groups excluding carboxylic acids is 2. The molecule has 2 atom stereocenters. The number of likely N-dealkylation sites (tertiary alicyclic amines) is 2. The lowest BCUT2D eigenvalue weighted by Crippen LogP contribution is -2.46. The highest BCUT2D eigenvalue weighted by Crippen LogP contribution is 2.30. The third-order valence-electron chi connectivity index (χ3n) is 8.51. The highest BCUT2D eigenvalue weighted by atomic mass is 35.5. The van der Waals surface area contributed by atoms with Gasteiger partial charge in [-0.15, -0.1) is 0 Å². The van der Waals surface area contributed by atoms with Crippen LogP contribution in [0.25, 0.3) is 0 Å². The molecule has 3 aromatic rings. The number of ether oxygens (including phenoxy) is 2. The minimum Gasteiger partial charge on any atom is -0.495 e. The van der Waals surface area contributed by atoms with E-state index in [0.717, 1.165) is 25.0 Å².